The third kappa shape index (κ3) is 4.31. The van der Waals surface area contributed by atoms with Gasteiger partial charge in [0.05, 0.1) is 24.3 Å². The Morgan fingerprint density at radius 3 is 2.42 bits per heavy atom. The number of hydrogen-bond acceptors (Lipinski definition) is 5. The highest BCUT2D eigenvalue weighted by atomic mass is 32.2. The van der Waals surface area contributed by atoms with Crippen LogP contribution in [-0.4, -0.2) is 42.5 Å². The van der Waals surface area contributed by atoms with Gasteiger partial charge in [-0.25, -0.2) is 9.59 Å². The van der Waals surface area contributed by atoms with Gasteiger partial charge in [-0.3, -0.25) is 4.90 Å². The van der Waals surface area contributed by atoms with Gasteiger partial charge in [0.25, 0.3) is 0 Å². The number of amides is 1. The van der Waals surface area contributed by atoms with Crippen molar-refractivity contribution in [3.05, 3.63) is 22.8 Å². The van der Waals surface area contributed by atoms with E-state index in [1.165, 1.54) is 23.8 Å². The lowest BCUT2D eigenvalue weighted by molar-refractivity contribution is -0.136. The van der Waals surface area contributed by atoms with Crippen LogP contribution < -0.4 is 0 Å². The summed E-state index contributed by atoms with van der Waals surface area (Å²) in [4.78, 5) is 25.1. The van der Waals surface area contributed by atoms with Crippen molar-refractivity contribution in [3.8, 4) is 0 Å². The molecule has 1 heterocycles. The van der Waals surface area contributed by atoms with Gasteiger partial charge in [-0.05, 0) is 39.2 Å². The first-order chi connectivity index (χ1) is 8.78. The fourth-order valence-electron chi connectivity index (χ4n) is 1.48. The van der Waals surface area contributed by atoms with Gasteiger partial charge in [0.15, 0.2) is 0 Å². The Balaban J connectivity index is 2.90. The van der Waals surface area contributed by atoms with E-state index in [0.717, 1.165) is 5.03 Å². The number of thioether (sulfide) groups is 1. The average Bonchev–Trinajstić information content (AvgIpc) is 2.35. The van der Waals surface area contributed by atoms with E-state index in [1.807, 2.05) is 6.26 Å². The second-order valence-corrected chi connectivity index (χ2v) is 5.79. The smallest absolute Gasteiger partial charge is 0.415 e. The number of carbonyl (C=O) groups is 2. The second-order valence-electron chi connectivity index (χ2n) is 4.96. The van der Waals surface area contributed by atoms with Crippen LogP contribution in [0, 0.1) is 0 Å². The molecular weight excluding hydrogens is 266 g/mol. The zero-order valence-electron chi connectivity index (χ0n) is 11.9. The molecule has 1 rings (SSSR count). The second kappa shape index (κ2) is 6.14. The van der Waals surface area contributed by atoms with E-state index in [1.54, 1.807) is 32.9 Å². The topological polar surface area (TPSA) is 55.8 Å². The van der Waals surface area contributed by atoms with Crippen LogP contribution in [0.4, 0.5) is 4.79 Å². The van der Waals surface area contributed by atoms with Crippen LogP contribution in [0.3, 0.4) is 0 Å². The summed E-state index contributed by atoms with van der Waals surface area (Å²) in [6, 6.07) is 0. The van der Waals surface area contributed by atoms with Gasteiger partial charge < -0.3 is 9.47 Å². The number of allylic oxidation sites excluding steroid dienone is 2. The summed E-state index contributed by atoms with van der Waals surface area (Å²) < 4.78 is 9.99. The summed E-state index contributed by atoms with van der Waals surface area (Å²) in [6.45, 7) is 5.56. The molecule has 19 heavy (non-hydrogen) atoms. The fourth-order valence-corrected chi connectivity index (χ4v) is 2.04. The Labute approximate surface area is 117 Å². The molecule has 6 heteroatoms. The maximum absolute atomic E-state index is 12.1. The summed E-state index contributed by atoms with van der Waals surface area (Å²) >= 11 is 1.42. The molecule has 0 fully saturated rings. The molecule has 0 spiro atoms. The molecule has 0 bridgehead atoms. The SMILES string of the molecule is COC(=O)C1=CC=C(SC)N(C(=O)OC(C)(C)C)C1. The molecule has 1 amide bonds. The lowest BCUT2D eigenvalue weighted by Crippen LogP contribution is -2.38. The molecule has 0 aliphatic carbocycles. The molecule has 0 atom stereocenters. The van der Waals surface area contributed by atoms with Crippen molar-refractivity contribution in [3.63, 3.8) is 0 Å². The molecule has 0 aromatic heterocycles. The maximum Gasteiger partial charge on any atom is 0.415 e. The van der Waals surface area contributed by atoms with E-state index in [4.69, 9.17) is 4.74 Å². The molecule has 5 nitrogen and oxygen atoms in total. The average molecular weight is 285 g/mol. The standard InChI is InChI=1S/C13H19NO4S/c1-13(2,3)18-12(16)14-8-9(11(15)17-4)6-7-10(14)19-5/h6-7H,8H2,1-5H3. The number of esters is 1. The molecule has 0 aromatic rings. The number of hydrogen-bond donors (Lipinski definition) is 0. The van der Waals surface area contributed by atoms with E-state index in [2.05, 4.69) is 4.74 Å². The van der Waals surface area contributed by atoms with Crippen LogP contribution in [0.5, 0.6) is 0 Å². The van der Waals surface area contributed by atoms with E-state index in [0.29, 0.717) is 5.57 Å². The molecule has 0 N–H and O–H groups in total. The zero-order chi connectivity index (χ0) is 14.6. The zero-order valence-corrected chi connectivity index (χ0v) is 12.7. The van der Waals surface area contributed by atoms with Crippen molar-refractivity contribution >= 4 is 23.8 Å². The predicted molar refractivity (Wildman–Crippen MR) is 74.6 cm³/mol. The maximum atomic E-state index is 12.1. The molecular formula is C13H19NO4S. The molecule has 1 aliphatic rings. The van der Waals surface area contributed by atoms with Crippen molar-refractivity contribution in [2.75, 3.05) is 19.9 Å². The molecule has 1 aliphatic heterocycles. The normalized spacial score (nSPS) is 15.5. The largest absolute Gasteiger partial charge is 0.466 e. The van der Waals surface area contributed by atoms with Crippen LogP contribution in [0.2, 0.25) is 0 Å². The monoisotopic (exact) mass is 285 g/mol. The van der Waals surface area contributed by atoms with Gasteiger partial charge in [0, 0.05) is 0 Å². The number of rotatable bonds is 2. The van der Waals surface area contributed by atoms with Crippen molar-refractivity contribution in [2.45, 2.75) is 26.4 Å². The Kier molecular flexibility index (Phi) is 5.05. The molecule has 0 saturated heterocycles. The third-order valence-corrected chi connectivity index (χ3v) is 3.07. The Morgan fingerprint density at radius 2 is 1.95 bits per heavy atom. The highest BCUT2D eigenvalue weighted by molar-refractivity contribution is 8.02. The molecule has 0 unspecified atom stereocenters. The summed E-state index contributed by atoms with van der Waals surface area (Å²) in [5, 5.41) is 0.738. The summed E-state index contributed by atoms with van der Waals surface area (Å²) in [5.74, 6) is -0.440. The number of methoxy groups -OCH3 is 1. The quantitative estimate of drug-likeness (QED) is 0.730. The molecule has 0 saturated carbocycles. The van der Waals surface area contributed by atoms with Crippen LogP contribution in [-0.2, 0) is 14.3 Å². The lowest BCUT2D eigenvalue weighted by Gasteiger charge is -2.30. The Hall–Kier alpha value is -1.43. The molecule has 0 radical (unpaired) electrons. The molecule has 106 valence electrons. The van der Waals surface area contributed by atoms with E-state index < -0.39 is 17.7 Å². The highest BCUT2D eigenvalue weighted by Gasteiger charge is 2.28. The van der Waals surface area contributed by atoms with E-state index in [-0.39, 0.29) is 6.54 Å². The number of nitrogens with zero attached hydrogens (tertiary/aromatic N) is 1. The minimum Gasteiger partial charge on any atom is -0.466 e. The van der Waals surface area contributed by atoms with E-state index in [9.17, 15) is 9.59 Å². The lowest BCUT2D eigenvalue weighted by atomic mass is 10.2. The number of carbonyl (C=O) groups excluding carboxylic acids is 2. The van der Waals surface area contributed by atoms with Crippen molar-refractivity contribution in [2.24, 2.45) is 0 Å². The van der Waals surface area contributed by atoms with Gasteiger partial charge in [0.2, 0.25) is 0 Å². The van der Waals surface area contributed by atoms with Crippen molar-refractivity contribution in [1.82, 2.24) is 4.90 Å². The van der Waals surface area contributed by atoms with Gasteiger partial charge in [-0.15, -0.1) is 11.8 Å². The summed E-state index contributed by atoms with van der Waals surface area (Å²) in [5.41, 5.74) is -0.154. The fraction of sp³-hybridized carbons (Fsp3) is 0.538. The Bertz CT molecular complexity index is 434. The first-order valence-electron chi connectivity index (χ1n) is 5.82. The van der Waals surface area contributed by atoms with Gasteiger partial charge in [-0.1, -0.05) is 0 Å². The summed E-state index contributed by atoms with van der Waals surface area (Å²) in [6.07, 6.45) is 4.77. The Morgan fingerprint density at radius 1 is 1.32 bits per heavy atom. The third-order valence-electron chi connectivity index (χ3n) is 2.29. The minimum absolute atomic E-state index is 0.161. The van der Waals surface area contributed by atoms with E-state index >= 15 is 0 Å². The van der Waals surface area contributed by atoms with Gasteiger partial charge in [0.1, 0.15) is 5.60 Å². The number of ether oxygens (including phenoxy) is 2. The van der Waals surface area contributed by atoms with Crippen molar-refractivity contribution < 1.29 is 19.1 Å². The first kappa shape index (κ1) is 15.6. The minimum atomic E-state index is -0.576. The van der Waals surface area contributed by atoms with Crippen LogP contribution in [0.1, 0.15) is 20.8 Å². The van der Waals surface area contributed by atoms with Crippen LogP contribution >= 0.6 is 11.8 Å². The van der Waals surface area contributed by atoms with Crippen molar-refractivity contribution in [1.29, 1.82) is 0 Å². The van der Waals surface area contributed by atoms with Gasteiger partial charge in [-0.2, -0.15) is 0 Å². The van der Waals surface area contributed by atoms with Crippen LogP contribution in [0.15, 0.2) is 22.8 Å². The van der Waals surface area contributed by atoms with Gasteiger partial charge >= 0.3 is 12.1 Å². The van der Waals surface area contributed by atoms with Crippen LogP contribution in [0.25, 0.3) is 0 Å². The molecule has 0 aromatic carbocycles. The highest BCUT2D eigenvalue weighted by Crippen LogP contribution is 2.25. The first-order valence-corrected chi connectivity index (χ1v) is 7.04. The summed E-state index contributed by atoms with van der Waals surface area (Å²) in [7, 11) is 1.31. The predicted octanol–water partition coefficient (Wildman–Crippen LogP) is 2.54.